The van der Waals surface area contributed by atoms with Crippen LogP contribution in [0.25, 0.3) is 0 Å². The Morgan fingerprint density at radius 2 is 2.07 bits per heavy atom. The second kappa shape index (κ2) is 6.08. The van der Waals surface area contributed by atoms with Gasteiger partial charge in [0.05, 0.1) is 23.1 Å². The molecule has 2 fully saturated rings. The van der Waals surface area contributed by atoms with Crippen molar-refractivity contribution >= 4 is 11.7 Å². The number of piperidine rings is 1. The number of hydrogen-bond donors (Lipinski definition) is 1. The average molecular weight is 362 g/mol. The van der Waals surface area contributed by atoms with Crippen molar-refractivity contribution in [3.05, 3.63) is 41.6 Å². The number of anilines is 1. The van der Waals surface area contributed by atoms with E-state index in [4.69, 9.17) is 0 Å². The SMILES string of the molecule is N#Cc1cccnc1N1CCC2(CC1)c1nc[nH]c1CCN2C(=O)C1CC1. The smallest absolute Gasteiger partial charge is 0.226 e. The summed E-state index contributed by atoms with van der Waals surface area (Å²) in [5, 5.41) is 9.39. The minimum Gasteiger partial charge on any atom is -0.355 e. The molecular formula is C20H22N6O. The highest BCUT2D eigenvalue weighted by molar-refractivity contribution is 5.82. The van der Waals surface area contributed by atoms with E-state index < -0.39 is 0 Å². The number of carbonyl (C=O) groups excluding carboxylic acids is 1. The Balaban J connectivity index is 1.46. The average Bonchev–Trinajstić information content (AvgIpc) is 3.45. The van der Waals surface area contributed by atoms with Crippen molar-refractivity contribution in [3.8, 4) is 6.07 Å². The Hall–Kier alpha value is -2.88. The van der Waals surface area contributed by atoms with Gasteiger partial charge in [0.1, 0.15) is 11.9 Å². The molecule has 0 atom stereocenters. The van der Waals surface area contributed by atoms with Crippen LogP contribution >= 0.6 is 0 Å². The number of carbonyl (C=O) groups is 1. The van der Waals surface area contributed by atoms with Gasteiger partial charge < -0.3 is 14.8 Å². The largest absolute Gasteiger partial charge is 0.355 e. The van der Waals surface area contributed by atoms with Gasteiger partial charge in [0.15, 0.2) is 0 Å². The van der Waals surface area contributed by atoms with Gasteiger partial charge in [0.25, 0.3) is 0 Å². The zero-order chi connectivity index (χ0) is 18.4. The summed E-state index contributed by atoms with van der Waals surface area (Å²) in [5.74, 6) is 1.25. The van der Waals surface area contributed by atoms with Gasteiger partial charge in [-0.05, 0) is 37.8 Å². The molecule has 7 heteroatoms. The van der Waals surface area contributed by atoms with Crippen molar-refractivity contribution in [3.63, 3.8) is 0 Å². The Morgan fingerprint density at radius 1 is 1.26 bits per heavy atom. The molecule has 3 aliphatic rings. The maximum Gasteiger partial charge on any atom is 0.226 e. The van der Waals surface area contributed by atoms with Crippen molar-refractivity contribution in [2.75, 3.05) is 24.5 Å². The van der Waals surface area contributed by atoms with Crippen molar-refractivity contribution in [1.82, 2.24) is 19.9 Å². The van der Waals surface area contributed by atoms with Gasteiger partial charge in [-0.2, -0.15) is 5.26 Å². The minimum atomic E-state index is -0.328. The molecule has 138 valence electrons. The Labute approximate surface area is 158 Å². The van der Waals surface area contributed by atoms with Crippen LogP contribution in [-0.4, -0.2) is 45.4 Å². The van der Waals surface area contributed by atoms with Crippen LogP contribution in [0.4, 0.5) is 5.82 Å². The van der Waals surface area contributed by atoms with Crippen LogP contribution < -0.4 is 4.90 Å². The van der Waals surface area contributed by atoms with Crippen LogP contribution in [0.1, 0.15) is 42.6 Å². The Morgan fingerprint density at radius 3 is 2.81 bits per heavy atom. The summed E-state index contributed by atoms with van der Waals surface area (Å²) < 4.78 is 0. The maximum absolute atomic E-state index is 13.0. The van der Waals surface area contributed by atoms with Gasteiger partial charge in [-0.15, -0.1) is 0 Å². The molecule has 27 heavy (non-hydrogen) atoms. The van der Waals surface area contributed by atoms with E-state index in [1.54, 1.807) is 18.6 Å². The molecule has 1 saturated carbocycles. The van der Waals surface area contributed by atoms with E-state index in [9.17, 15) is 10.1 Å². The van der Waals surface area contributed by atoms with Gasteiger partial charge >= 0.3 is 0 Å². The van der Waals surface area contributed by atoms with E-state index in [2.05, 4.69) is 30.8 Å². The first-order chi connectivity index (χ1) is 13.2. The monoisotopic (exact) mass is 362 g/mol. The van der Waals surface area contributed by atoms with Gasteiger partial charge in [0.2, 0.25) is 5.91 Å². The third-order valence-electron chi connectivity index (χ3n) is 6.25. The van der Waals surface area contributed by atoms with Gasteiger partial charge in [-0.3, -0.25) is 4.79 Å². The number of H-pyrrole nitrogens is 1. The number of aromatic nitrogens is 3. The van der Waals surface area contributed by atoms with Gasteiger partial charge in [-0.1, -0.05) is 0 Å². The molecule has 0 bridgehead atoms. The highest BCUT2D eigenvalue weighted by Gasteiger charge is 2.51. The number of imidazole rings is 1. The molecule has 1 N–H and O–H groups in total. The summed E-state index contributed by atoms with van der Waals surface area (Å²) in [4.78, 5) is 29.7. The number of fused-ring (bicyclic) bond motifs is 2. The molecule has 2 aromatic rings. The number of rotatable bonds is 2. The van der Waals surface area contributed by atoms with Crippen molar-refractivity contribution in [2.45, 2.75) is 37.6 Å². The van der Waals surface area contributed by atoms with E-state index >= 15 is 0 Å². The Bertz CT molecular complexity index is 917. The van der Waals surface area contributed by atoms with E-state index in [1.807, 2.05) is 6.07 Å². The summed E-state index contributed by atoms with van der Waals surface area (Å²) >= 11 is 0. The molecule has 4 heterocycles. The van der Waals surface area contributed by atoms with E-state index in [1.165, 1.54) is 5.69 Å². The quantitative estimate of drug-likeness (QED) is 0.882. The first kappa shape index (κ1) is 16.3. The van der Waals surface area contributed by atoms with Crippen LogP contribution in [0.2, 0.25) is 0 Å². The van der Waals surface area contributed by atoms with Crippen LogP contribution in [0, 0.1) is 17.2 Å². The lowest BCUT2D eigenvalue weighted by atomic mass is 9.78. The molecule has 0 aromatic carbocycles. The second-order valence-electron chi connectivity index (χ2n) is 7.75. The van der Waals surface area contributed by atoms with Crippen LogP contribution in [0.15, 0.2) is 24.7 Å². The molecule has 7 nitrogen and oxygen atoms in total. The fraction of sp³-hybridized carbons (Fsp3) is 0.500. The van der Waals surface area contributed by atoms with Gasteiger partial charge in [0, 0.05) is 43.9 Å². The summed E-state index contributed by atoms with van der Waals surface area (Å²) in [5.41, 5.74) is 2.48. The van der Waals surface area contributed by atoms with Crippen molar-refractivity contribution < 1.29 is 4.79 Å². The standard InChI is InChI=1S/C20H22N6O/c21-12-15-2-1-8-22-18(15)25-10-6-20(7-11-25)17-16(23-13-24-17)5-9-26(20)19(27)14-3-4-14/h1-2,8,13-14H,3-7,9-11H2,(H,23,24). The van der Waals surface area contributed by atoms with E-state index in [0.29, 0.717) is 11.5 Å². The topological polar surface area (TPSA) is 88.9 Å². The minimum absolute atomic E-state index is 0.210. The fourth-order valence-electron chi connectivity index (χ4n) is 4.68. The first-order valence-electron chi connectivity index (χ1n) is 9.67. The van der Waals surface area contributed by atoms with Crippen molar-refractivity contribution in [1.29, 1.82) is 5.26 Å². The Kier molecular flexibility index (Phi) is 3.67. The van der Waals surface area contributed by atoms with E-state index in [-0.39, 0.29) is 11.5 Å². The molecule has 1 amide bonds. The predicted octanol–water partition coefficient (Wildman–Crippen LogP) is 1.97. The zero-order valence-electron chi connectivity index (χ0n) is 15.2. The molecule has 1 saturated heterocycles. The van der Waals surface area contributed by atoms with Crippen LogP contribution in [0.5, 0.6) is 0 Å². The summed E-state index contributed by atoms with van der Waals surface area (Å²) in [6.45, 7) is 2.27. The molecule has 0 radical (unpaired) electrons. The number of amides is 1. The predicted molar refractivity (Wildman–Crippen MR) is 98.8 cm³/mol. The molecule has 1 aliphatic carbocycles. The second-order valence-corrected chi connectivity index (χ2v) is 7.75. The number of nitrogens with zero attached hydrogens (tertiary/aromatic N) is 5. The van der Waals surface area contributed by atoms with Crippen molar-refractivity contribution in [2.24, 2.45) is 5.92 Å². The normalized spacial score (nSPS) is 21.0. The molecule has 2 aliphatic heterocycles. The van der Waals surface area contributed by atoms with Crippen LogP contribution in [0.3, 0.4) is 0 Å². The lowest BCUT2D eigenvalue weighted by Gasteiger charge is -2.50. The molecule has 5 rings (SSSR count). The number of nitriles is 1. The number of nitrogens with one attached hydrogen (secondary N) is 1. The molecule has 1 spiro atoms. The fourth-order valence-corrected chi connectivity index (χ4v) is 4.68. The third-order valence-corrected chi connectivity index (χ3v) is 6.25. The summed E-state index contributed by atoms with van der Waals surface area (Å²) in [7, 11) is 0. The highest BCUT2D eigenvalue weighted by atomic mass is 16.2. The van der Waals surface area contributed by atoms with Gasteiger partial charge in [-0.25, -0.2) is 9.97 Å². The molecule has 0 unspecified atom stereocenters. The highest BCUT2D eigenvalue weighted by Crippen LogP contribution is 2.45. The maximum atomic E-state index is 13.0. The van der Waals surface area contributed by atoms with E-state index in [0.717, 1.165) is 63.3 Å². The third kappa shape index (κ3) is 2.51. The number of aromatic amines is 1. The number of hydrogen-bond acceptors (Lipinski definition) is 5. The summed E-state index contributed by atoms with van der Waals surface area (Å²) in [6.07, 6.45) is 7.99. The number of pyridine rings is 1. The van der Waals surface area contributed by atoms with Crippen LogP contribution in [-0.2, 0) is 16.8 Å². The molecule has 2 aromatic heterocycles. The molecular weight excluding hydrogens is 340 g/mol. The first-order valence-corrected chi connectivity index (χ1v) is 9.67. The lowest BCUT2D eigenvalue weighted by Crippen LogP contribution is -2.59. The summed E-state index contributed by atoms with van der Waals surface area (Å²) in [6, 6.07) is 5.84. The lowest BCUT2D eigenvalue weighted by molar-refractivity contribution is -0.142. The zero-order valence-corrected chi connectivity index (χ0v) is 15.2.